The molecule has 0 aliphatic heterocycles. The zero-order valence-corrected chi connectivity index (χ0v) is 21.4. The maximum Gasteiger partial charge on any atom is 0.267 e. The van der Waals surface area contributed by atoms with Crippen molar-refractivity contribution >= 4 is 50.4 Å². The minimum Gasteiger partial charge on any atom is -0.494 e. The molecule has 0 radical (unpaired) electrons. The van der Waals surface area contributed by atoms with Crippen molar-refractivity contribution in [3.8, 4) is 28.1 Å². The van der Waals surface area contributed by atoms with Crippen LogP contribution in [0.15, 0.2) is 78.9 Å². The normalized spacial score (nSPS) is 11.0. The zero-order valence-electron chi connectivity index (χ0n) is 19.8. The summed E-state index contributed by atoms with van der Waals surface area (Å²) in [6.45, 7) is 4.48. The Labute approximate surface area is 218 Å². The summed E-state index contributed by atoms with van der Waals surface area (Å²) in [5.41, 5.74) is 12.2. The van der Waals surface area contributed by atoms with Gasteiger partial charge in [0.05, 0.1) is 18.0 Å². The number of anilines is 2. The molecular weight excluding hydrogens is 490 g/mol. The molecule has 2 heterocycles. The lowest BCUT2D eigenvalue weighted by Gasteiger charge is -2.10. The Kier molecular flexibility index (Phi) is 6.63. The highest BCUT2D eigenvalue weighted by molar-refractivity contribution is 7.21. The number of hydrogen-bond acceptors (Lipinski definition) is 5. The van der Waals surface area contributed by atoms with Gasteiger partial charge in [-0.2, -0.15) is 0 Å². The standard InChI is InChI=1S/C29H24ClN3O2S/c1-3-35-21-13-10-19(11-14-21)24-16-22(18-7-5-4-6-8-18)25-26(31)27(36-29(25)33-24)28(34)32-20-12-9-17(2)23(30)15-20/h4-16H,3,31H2,1-2H3,(H,32,34). The molecule has 5 rings (SSSR count). The molecular formula is C29H24ClN3O2S. The number of thiophene rings is 1. The number of halogens is 1. The molecule has 0 aliphatic carbocycles. The summed E-state index contributed by atoms with van der Waals surface area (Å²) < 4.78 is 5.58. The molecule has 0 unspecified atom stereocenters. The highest BCUT2D eigenvalue weighted by Crippen LogP contribution is 2.41. The van der Waals surface area contributed by atoms with E-state index in [0.717, 1.165) is 39.1 Å². The first-order valence-corrected chi connectivity index (χ1v) is 12.7. The fraction of sp³-hybridized carbons (Fsp3) is 0.103. The third-order valence-electron chi connectivity index (χ3n) is 5.88. The molecule has 180 valence electrons. The number of nitrogen functional groups attached to an aromatic ring is 1. The number of carbonyl (C=O) groups excluding carboxylic acids is 1. The van der Waals surface area contributed by atoms with Crippen molar-refractivity contribution in [2.45, 2.75) is 13.8 Å². The summed E-state index contributed by atoms with van der Waals surface area (Å²) >= 11 is 7.52. The summed E-state index contributed by atoms with van der Waals surface area (Å²) in [6, 6.07) is 25.3. The minimum atomic E-state index is -0.294. The average molecular weight is 514 g/mol. The zero-order chi connectivity index (χ0) is 25.2. The monoisotopic (exact) mass is 513 g/mol. The summed E-state index contributed by atoms with van der Waals surface area (Å²) in [7, 11) is 0. The molecule has 36 heavy (non-hydrogen) atoms. The molecule has 3 N–H and O–H groups in total. The van der Waals surface area contributed by atoms with Crippen molar-refractivity contribution in [1.82, 2.24) is 4.98 Å². The van der Waals surface area contributed by atoms with E-state index in [-0.39, 0.29) is 5.91 Å². The highest BCUT2D eigenvalue weighted by Gasteiger charge is 2.22. The van der Waals surface area contributed by atoms with E-state index in [0.29, 0.717) is 32.7 Å². The van der Waals surface area contributed by atoms with Crippen molar-refractivity contribution in [3.63, 3.8) is 0 Å². The van der Waals surface area contributed by atoms with Gasteiger partial charge >= 0.3 is 0 Å². The molecule has 1 amide bonds. The molecule has 0 fully saturated rings. The van der Waals surface area contributed by atoms with Crippen molar-refractivity contribution in [2.24, 2.45) is 0 Å². The molecule has 3 aromatic carbocycles. The fourth-order valence-corrected chi connectivity index (χ4v) is 5.23. The van der Waals surface area contributed by atoms with Gasteiger partial charge in [0.15, 0.2) is 0 Å². The molecule has 0 saturated heterocycles. The molecule has 7 heteroatoms. The molecule has 5 nitrogen and oxygen atoms in total. The molecule has 2 aromatic heterocycles. The summed E-state index contributed by atoms with van der Waals surface area (Å²) in [5.74, 6) is 0.512. The van der Waals surface area contributed by atoms with Gasteiger partial charge in [0, 0.05) is 21.7 Å². The maximum atomic E-state index is 13.2. The number of hydrogen-bond donors (Lipinski definition) is 2. The molecule has 0 spiro atoms. The Bertz CT molecular complexity index is 1560. The number of nitrogens with zero attached hydrogens (tertiary/aromatic N) is 1. The van der Waals surface area contributed by atoms with Crippen LogP contribution in [0.4, 0.5) is 11.4 Å². The maximum absolute atomic E-state index is 13.2. The Balaban J connectivity index is 1.61. The SMILES string of the molecule is CCOc1ccc(-c2cc(-c3ccccc3)c3c(N)c(C(=O)Nc4ccc(C)c(Cl)c4)sc3n2)cc1. The lowest BCUT2D eigenvalue weighted by Crippen LogP contribution is -2.12. The van der Waals surface area contributed by atoms with E-state index in [1.807, 2.05) is 86.6 Å². The Morgan fingerprint density at radius 3 is 2.47 bits per heavy atom. The molecule has 0 atom stereocenters. The summed E-state index contributed by atoms with van der Waals surface area (Å²) in [4.78, 5) is 19.2. The third-order valence-corrected chi connectivity index (χ3v) is 7.39. The van der Waals surface area contributed by atoms with Crippen LogP contribution >= 0.6 is 22.9 Å². The smallest absolute Gasteiger partial charge is 0.267 e. The van der Waals surface area contributed by atoms with Crippen LogP contribution in [0.5, 0.6) is 5.75 Å². The topological polar surface area (TPSA) is 77.2 Å². The van der Waals surface area contributed by atoms with Crippen molar-refractivity contribution in [3.05, 3.63) is 94.3 Å². The number of nitrogens with one attached hydrogen (secondary N) is 1. The van der Waals surface area contributed by atoms with Crippen molar-refractivity contribution < 1.29 is 9.53 Å². The van der Waals surface area contributed by atoms with Gasteiger partial charge < -0.3 is 15.8 Å². The van der Waals surface area contributed by atoms with E-state index >= 15 is 0 Å². The van der Waals surface area contributed by atoms with E-state index in [2.05, 4.69) is 5.32 Å². The molecule has 0 saturated carbocycles. The average Bonchev–Trinajstić information content (AvgIpc) is 3.23. The van der Waals surface area contributed by atoms with Crippen molar-refractivity contribution in [1.29, 1.82) is 0 Å². The molecule has 0 aliphatic rings. The van der Waals surface area contributed by atoms with Gasteiger partial charge in [0.1, 0.15) is 15.5 Å². The molecule has 0 bridgehead atoms. The van der Waals surface area contributed by atoms with Crippen LogP contribution in [0.3, 0.4) is 0 Å². The number of pyridine rings is 1. The summed E-state index contributed by atoms with van der Waals surface area (Å²) in [5, 5.41) is 4.28. The largest absolute Gasteiger partial charge is 0.494 e. The van der Waals surface area contributed by atoms with E-state index in [4.69, 9.17) is 27.1 Å². The number of carbonyl (C=O) groups is 1. The highest BCUT2D eigenvalue weighted by atomic mass is 35.5. The number of benzene rings is 3. The Morgan fingerprint density at radius 2 is 1.78 bits per heavy atom. The number of nitrogens with two attached hydrogens (primary N) is 1. The first-order valence-electron chi connectivity index (χ1n) is 11.5. The van der Waals surface area contributed by atoms with Gasteiger partial charge in [-0.1, -0.05) is 48.0 Å². The lowest BCUT2D eigenvalue weighted by molar-refractivity contribution is 0.103. The lowest BCUT2D eigenvalue weighted by atomic mass is 9.99. The van der Waals surface area contributed by atoms with Gasteiger partial charge in [-0.3, -0.25) is 4.79 Å². The van der Waals surface area contributed by atoms with Gasteiger partial charge in [-0.25, -0.2) is 4.98 Å². The molecule has 5 aromatic rings. The Morgan fingerprint density at radius 1 is 1.03 bits per heavy atom. The van der Waals surface area contributed by atoms with Crippen LogP contribution in [0.25, 0.3) is 32.6 Å². The fourth-order valence-electron chi connectivity index (χ4n) is 4.03. The number of rotatable bonds is 6. The van der Waals surface area contributed by atoms with E-state index in [1.54, 1.807) is 6.07 Å². The van der Waals surface area contributed by atoms with E-state index < -0.39 is 0 Å². The van der Waals surface area contributed by atoms with Crippen LogP contribution in [-0.2, 0) is 0 Å². The van der Waals surface area contributed by atoms with Crippen LogP contribution in [-0.4, -0.2) is 17.5 Å². The van der Waals surface area contributed by atoms with Crippen LogP contribution < -0.4 is 15.8 Å². The van der Waals surface area contributed by atoms with Crippen LogP contribution in [0.1, 0.15) is 22.2 Å². The second-order valence-corrected chi connectivity index (χ2v) is 9.73. The number of aromatic nitrogens is 1. The quantitative estimate of drug-likeness (QED) is 0.242. The minimum absolute atomic E-state index is 0.294. The Hall–Kier alpha value is -3.87. The van der Waals surface area contributed by atoms with Gasteiger partial charge in [-0.15, -0.1) is 11.3 Å². The van der Waals surface area contributed by atoms with Gasteiger partial charge in [-0.05, 0) is 73.0 Å². The predicted molar refractivity (Wildman–Crippen MR) is 150 cm³/mol. The van der Waals surface area contributed by atoms with Crippen LogP contribution in [0, 0.1) is 6.92 Å². The van der Waals surface area contributed by atoms with Crippen LogP contribution in [0.2, 0.25) is 5.02 Å². The second-order valence-electron chi connectivity index (χ2n) is 8.32. The van der Waals surface area contributed by atoms with E-state index in [1.165, 1.54) is 11.3 Å². The first kappa shape index (κ1) is 23.9. The number of aryl methyl sites for hydroxylation is 1. The predicted octanol–water partition coefficient (Wildman–Crippen LogP) is 7.83. The van der Waals surface area contributed by atoms with Gasteiger partial charge in [0.25, 0.3) is 5.91 Å². The van der Waals surface area contributed by atoms with Crippen molar-refractivity contribution in [2.75, 3.05) is 17.7 Å². The third kappa shape index (κ3) is 4.65. The number of fused-ring (bicyclic) bond motifs is 1. The first-order chi connectivity index (χ1) is 17.4. The van der Waals surface area contributed by atoms with E-state index in [9.17, 15) is 4.79 Å². The summed E-state index contributed by atoms with van der Waals surface area (Å²) in [6.07, 6.45) is 0. The second kappa shape index (κ2) is 10.0. The van der Waals surface area contributed by atoms with Gasteiger partial charge in [0.2, 0.25) is 0 Å². The number of ether oxygens (including phenoxy) is 1. The number of amides is 1.